The summed E-state index contributed by atoms with van der Waals surface area (Å²) < 4.78 is 48.4. The molecule has 0 aliphatic heterocycles. The topological polar surface area (TPSA) is 55.8 Å². The van der Waals surface area contributed by atoms with Crippen LogP contribution in [-0.2, 0) is 9.47 Å². The Hall–Kier alpha value is -1.76. The van der Waals surface area contributed by atoms with Gasteiger partial charge in [0.25, 0.3) is 0 Å². The van der Waals surface area contributed by atoms with E-state index in [4.69, 9.17) is 14.6 Å². The molecule has 0 bridgehead atoms. The fourth-order valence-corrected chi connectivity index (χ4v) is 2.04. The van der Waals surface area contributed by atoms with E-state index in [1.807, 2.05) is 6.92 Å². The van der Waals surface area contributed by atoms with Crippen molar-refractivity contribution in [3.8, 4) is 5.75 Å². The lowest BCUT2D eigenvalue weighted by Crippen LogP contribution is -2.33. The van der Waals surface area contributed by atoms with E-state index in [1.54, 1.807) is 0 Å². The minimum Gasteiger partial charge on any atom is -0.508 e. The number of esters is 1. The van der Waals surface area contributed by atoms with E-state index >= 15 is 0 Å². The van der Waals surface area contributed by atoms with Gasteiger partial charge in [-0.15, -0.1) is 0 Å². The van der Waals surface area contributed by atoms with Crippen LogP contribution in [0.3, 0.4) is 0 Å². The number of hydrogen-bond donors (Lipinski definition) is 1. The zero-order chi connectivity index (χ0) is 18.0. The molecule has 0 heterocycles. The quantitative estimate of drug-likeness (QED) is 0.501. The lowest BCUT2D eigenvalue weighted by atomic mass is 10.2. The van der Waals surface area contributed by atoms with Crippen molar-refractivity contribution >= 4 is 5.97 Å². The van der Waals surface area contributed by atoms with Crippen LogP contribution in [0, 0.1) is 0 Å². The van der Waals surface area contributed by atoms with Gasteiger partial charge in [0.2, 0.25) is 0 Å². The highest BCUT2D eigenvalue weighted by molar-refractivity contribution is 5.89. The third-order valence-electron chi connectivity index (χ3n) is 3.40. The molecule has 0 saturated carbocycles. The summed E-state index contributed by atoms with van der Waals surface area (Å²) in [5.41, 5.74) is 0.164. The number of aromatic hydroxyl groups is 1. The third-order valence-corrected chi connectivity index (χ3v) is 3.40. The number of carbonyl (C=O) groups excluding carboxylic acids is 1. The molecule has 0 aromatic heterocycles. The van der Waals surface area contributed by atoms with Gasteiger partial charge in [-0.25, -0.2) is 4.79 Å². The Bertz CT molecular complexity index is 486. The largest absolute Gasteiger partial charge is 0.508 e. The van der Waals surface area contributed by atoms with E-state index in [2.05, 4.69) is 0 Å². The van der Waals surface area contributed by atoms with Crippen LogP contribution >= 0.6 is 0 Å². The molecule has 1 atom stereocenters. The van der Waals surface area contributed by atoms with Gasteiger partial charge >= 0.3 is 12.1 Å². The summed E-state index contributed by atoms with van der Waals surface area (Å²) in [5.74, 6) is -0.751. The van der Waals surface area contributed by atoms with Crippen molar-refractivity contribution in [1.29, 1.82) is 0 Å². The smallest absolute Gasteiger partial charge is 0.414 e. The van der Waals surface area contributed by atoms with Gasteiger partial charge in [0, 0.05) is 13.0 Å². The molecule has 0 amide bonds. The number of phenolic OH excluding ortho intramolecular Hbond substituents is 1. The first-order valence-corrected chi connectivity index (χ1v) is 7.99. The van der Waals surface area contributed by atoms with Crippen LogP contribution in [0.25, 0.3) is 0 Å². The molecule has 0 fully saturated rings. The minimum absolute atomic E-state index is 0.0137. The van der Waals surface area contributed by atoms with Gasteiger partial charge in [-0.1, -0.05) is 26.2 Å². The van der Waals surface area contributed by atoms with E-state index in [0.29, 0.717) is 6.42 Å². The van der Waals surface area contributed by atoms with Gasteiger partial charge in [-0.05, 0) is 30.7 Å². The normalized spacial score (nSPS) is 12.8. The maximum absolute atomic E-state index is 12.9. The molecule has 1 aromatic carbocycles. The summed E-state index contributed by atoms with van der Waals surface area (Å²) in [6.07, 6.45) is -3.51. The average molecular weight is 348 g/mol. The number of carbonyl (C=O) groups is 1. The summed E-state index contributed by atoms with van der Waals surface area (Å²) in [4.78, 5) is 11.7. The van der Waals surface area contributed by atoms with Crippen molar-refractivity contribution in [3.05, 3.63) is 29.8 Å². The maximum Gasteiger partial charge on any atom is 0.414 e. The van der Waals surface area contributed by atoms with E-state index in [1.165, 1.54) is 24.3 Å². The van der Waals surface area contributed by atoms with Crippen molar-refractivity contribution in [3.63, 3.8) is 0 Å². The first kappa shape index (κ1) is 20.3. The monoisotopic (exact) mass is 348 g/mol. The van der Waals surface area contributed by atoms with Gasteiger partial charge in [-0.3, -0.25) is 0 Å². The van der Waals surface area contributed by atoms with Gasteiger partial charge in [-0.2, -0.15) is 13.2 Å². The standard InChI is InChI=1S/C17H23F3O4/c1-2-3-4-5-11-23-15(17(18,19)20)10-12-24-16(22)13-6-8-14(21)9-7-13/h6-9,15,21H,2-5,10-12H2,1H3. The lowest BCUT2D eigenvalue weighted by Gasteiger charge is -2.20. The van der Waals surface area contributed by atoms with Crippen LogP contribution in [0.15, 0.2) is 24.3 Å². The summed E-state index contributed by atoms with van der Waals surface area (Å²) in [7, 11) is 0. The van der Waals surface area contributed by atoms with Crippen LogP contribution < -0.4 is 0 Å². The first-order valence-electron chi connectivity index (χ1n) is 7.99. The van der Waals surface area contributed by atoms with Gasteiger partial charge in [0.1, 0.15) is 5.75 Å². The number of hydrogen-bond acceptors (Lipinski definition) is 4. The zero-order valence-corrected chi connectivity index (χ0v) is 13.6. The van der Waals surface area contributed by atoms with Crippen molar-refractivity contribution in [1.82, 2.24) is 0 Å². The molecule has 1 rings (SSSR count). The van der Waals surface area contributed by atoms with Crippen LogP contribution in [-0.4, -0.2) is 36.6 Å². The number of benzene rings is 1. The van der Waals surface area contributed by atoms with Crippen molar-refractivity contribution in [2.75, 3.05) is 13.2 Å². The van der Waals surface area contributed by atoms with Crippen molar-refractivity contribution < 1.29 is 32.5 Å². The maximum atomic E-state index is 12.9. The van der Waals surface area contributed by atoms with Crippen molar-refractivity contribution in [2.24, 2.45) is 0 Å². The first-order chi connectivity index (χ1) is 11.3. The van der Waals surface area contributed by atoms with E-state index < -0.39 is 31.3 Å². The Balaban J connectivity index is 2.38. The Morgan fingerprint density at radius 3 is 2.38 bits per heavy atom. The van der Waals surface area contributed by atoms with E-state index in [0.717, 1.165) is 19.3 Å². The number of halogens is 3. The second-order valence-corrected chi connectivity index (χ2v) is 5.43. The van der Waals surface area contributed by atoms with Crippen LogP contribution in [0.4, 0.5) is 13.2 Å². The summed E-state index contributed by atoms with van der Waals surface area (Å²) >= 11 is 0. The predicted molar refractivity (Wildman–Crippen MR) is 82.9 cm³/mol. The number of phenols is 1. The fourth-order valence-electron chi connectivity index (χ4n) is 2.04. The molecule has 24 heavy (non-hydrogen) atoms. The average Bonchev–Trinajstić information content (AvgIpc) is 2.52. The molecule has 0 aliphatic rings. The summed E-state index contributed by atoms with van der Waals surface area (Å²) in [6.45, 7) is 1.66. The number of alkyl halides is 3. The Morgan fingerprint density at radius 1 is 1.12 bits per heavy atom. The van der Waals surface area contributed by atoms with Gasteiger partial charge in [0.15, 0.2) is 6.10 Å². The Kier molecular flexibility index (Phi) is 8.60. The molecule has 1 N–H and O–H groups in total. The highest BCUT2D eigenvalue weighted by Crippen LogP contribution is 2.26. The molecule has 0 aliphatic carbocycles. The van der Waals surface area contributed by atoms with E-state index in [-0.39, 0.29) is 17.9 Å². The summed E-state index contributed by atoms with van der Waals surface area (Å²) in [6, 6.07) is 5.27. The van der Waals surface area contributed by atoms with E-state index in [9.17, 15) is 18.0 Å². The zero-order valence-electron chi connectivity index (χ0n) is 13.6. The van der Waals surface area contributed by atoms with Gasteiger partial charge in [0.05, 0.1) is 12.2 Å². The highest BCUT2D eigenvalue weighted by atomic mass is 19.4. The SMILES string of the molecule is CCCCCCOC(CCOC(=O)c1ccc(O)cc1)C(F)(F)F. The van der Waals surface area contributed by atoms with Gasteiger partial charge < -0.3 is 14.6 Å². The number of rotatable bonds is 10. The summed E-state index contributed by atoms with van der Waals surface area (Å²) in [5, 5.41) is 9.12. The second-order valence-electron chi connectivity index (χ2n) is 5.43. The van der Waals surface area contributed by atoms with Crippen molar-refractivity contribution in [2.45, 2.75) is 51.3 Å². The van der Waals surface area contributed by atoms with Crippen LogP contribution in [0.5, 0.6) is 5.75 Å². The molecule has 0 saturated heterocycles. The second kappa shape index (κ2) is 10.2. The molecular formula is C17H23F3O4. The molecule has 7 heteroatoms. The third kappa shape index (κ3) is 7.68. The molecule has 4 nitrogen and oxygen atoms in total. The lowest BCUT2D eigenvalue weighted by molar-refractivity contribution is -0.224. The fraction of sp³-hybridized carbons (Fsp3) is 0.588. The van der Waals surface area contributed by atoms with Crippen LogP contribution in [0.1, 0.15) is 49.4 Å². The van der Waals surface area contributed by atoms with Crippen LogP contribution in [0.2, 0.25) is 0 Å². The number of ether oxygens (including phenoxy) is 2. The highest BCUT2D eigenvalue weighted by Gasteiger charge is 2.40. The predicted octanol–water partition coefficient (Wildman–Crippen LogP) is 4.47. The molecule has 1 unspecified atom stereocenters. The molecule has 136 valence electrons. The molecule has 1 aromatic rings. The Morgan fingerprint density at radius 2 is 1.79 bits per heavy atom. The molecular weight excluding hydrogens is 325 g/mol. The number of unbranched alkanes of at least 4 members (excludes halogenated alkanes) is 3. The minimum atomic E-state index is -4.49. The Labute approximate surface area is 139 Å². The molecule has 0 spiro atoms. The molecule has 0 radical (unpaired) electrons.